The highest BCUT2D eigenvalue weighted by molar-refractivity contribution is 5.98. The van der Waals surface area contributed by atoms with E-state index in [4.69, 9.17) is 25.2 Å². The molecule has 6 heterocycles. The number of aromatic nitrogens is 6. The molecule has 8 bridgehead atoms. The van der Waals surface area contributed by atoms with Crippen LogP contribution in [0.15, 0.2) is 56.0 Å². The lowest BCUT2D eigenvalue weighted by Crippen LogP contribution is -2.57. The number of imidazole rings is 1. The molecular weight excluding hydrogens is 763 g/mol. The Bertz CT molecular complexity index is 2610. The predicted octanol–water partition coefficient (Wildman–Crippen LogP) is 6.22. The molecule has 4 aromatic rings. The number of allylic oxidation sites excluding steroid dienone is 5. The molecule has 6 rings (SSSR count). The van der Waals surface area contributed by atoms with Gasteiger partial charge in [-0.2, -0.15) is 0 Å². The van der Waals surface area contributed by atoms with Crippen molar-refractivity contribution < 1.29 is 28.7 Å². The highest BCUT2D eigenvalue weighted by Gasteiger charge is 2.33. The summed E-state index contributed by atoms with van der Waals surface area (Å²) in [5, 5.41) is 0.928. The smallest absolute Gasteiger partial charge is 0.331 e. The number of nitrogens with two attached hydrogens (primary N) is 1. The van der Waals surface area contributed by atoms with Gasteiger partial charge in [-0.15, -0.1) is 0 Å². The third-order valence-corrected chi connectivity index (χ3v) is 11.0. The molecule has 60 heavy (non-hydrogen) atoms. The number of nitrogens with one attached hydrogen (secondary N) is 4. The van der Waals surface area contributed by atoms with E-state index >= 15 is 0 Å². The first-order valence-corrected chi connectivity index (χ1v) is 19.8. The summed E-state index contributed by atoms with van der Waals surface area (Å²) in [6.45, 7) is 17.8. The van der Waals surface area contributed by atoms with Gasteiger partial charge in [0, 0.05) is 58.7 Å². The van der Waals surface area contributed by atoms with Crippen LogP contribution in [-0.4, -0.2) is 85.0 Å². The quantitative estimate of drug-likeness (QED) is 0.0716. The second kappa shape index (κ2) is 18.4. The van der Waals surface area contributed by atoms with Crippen molar-refractivity contribution in [3.63, 3.8) is 0 Å². The summed E-state index contributed by atoms with van der Waals surface area (Å²) in [5.41, 5.74) is 22.1. The van der Waals surface area contributed by atoms with Gasteiger partial charge in [-0.1, -0.05) is 25.3 Å². The van der Waals surface area contributed by atoms with Crippen LogP contribution < -0.4 is 11.2 Å². The van der Waals surface area contributed by atoms with Crippen molar-refractivity contribution in [1.29, 1.82) is 0 Å². The molecule has 2 amide bonds. The number of ether oxygens (including phenoxy) is 2. The summed E-state index contributed by atoms with van der Waals surface area (Å²) in [4.78, 5) is 76.7. The van der Waals surface area contributed by atoms with Crippen LogP contribution in [-0.2, 0) is 41.5 Å². The molecule has 2 aliphatic rings. The van der Waals surface area contributed by atoms with E-state index in [9.17, 15) is 19.2 Å². The highest BCUT2D eigenvalue weighted by Crippen LogP contribution is 2.36. The monoisotopic (exact) mass is 813 g/mol. The third kappa shape index (κ3) is 8.76. The van der Waals surface area contributed by atoms with E-state index in [1.54, 1.807) is 19.2 Å². The van der Waals surface area contributed by atoms with E-state index < -0.39 is 30.4 Å². The van der Waals surface area contributed by atoms with E-state index in [1.165, 1.54) is 13.4 Å². The van der Waals surface area contributed by atoms with Gasteiger partial charge >= 0.3 is 11.9 Å². The molecular formula is C45H51N9O6. The zero-order valence-electron chi connectivity index (χ0n) is 34.9. The van der Waals surface area contributed by atoms with Gasteiger partial charge in [-0.25, -0.2) is 24.8 Å². The molecule has 15 heteroatoms. The molecule has 0 aromatic carbocycles. The Morgan fingerprint density at radius 2 is 1.53 bits per heavy atom. The maximum atomic E-state index is 13.8. The van der Waals surface area contributed by atoms with Crippen LogP contribution in [0.5, 0.6) is 0 Å². The number of esters is 2. The standard InChI is InChI=1S/C45H51N9O6/c1-9-29-24(4)33-17-34-27(7)32(13-15-44(57)60-11-3)40(51-34)20-39-31(26(6)36(52-39)19-38-30(10-2)25(5)35(50-38)18-37(29)49-33)12-14-42(55)53-54(43(56)21-46)41(45(58)59-8)16-28-22-47-23-48-28/h9-10,17-20,22-23,41,49,52H,1-2,11-16,21,46H2,3-8H3,(H,47,48)(H,53,55)/t41-/m0/s1. The Morgan fingerprint density at radius 3 is 2.20 bits per heavy atom. The summed E-state index contributed by atoms with van der Waals surface area (Å²) in [6, 6.07) is 6.70. The second-order valence-electron chi connectivity index (χ2n) is 14.6. The second-order valence-corrected chi connectivity index (χ2v) is 14.6. The first kappa shape index (κ1) is 42.7. The van der Waals surface area contributed by atoms with Gasteiger partial charge in [0.15, 0.2) is 6.04 Å². The fourth-order valence-corrected chi connectivity index (χ4v) is 7.62. The number of H-pyrrole nitrogens is 3. The lowest BCUT2D eigenvalue weighted by atomic mass is 10.00. The van der Waals surface area contributed by atoms with E-state index in [-0.39, 0.29) is 38.3 Å². The first-order valence-electron chi connectivity index (χ1n) is 19.8. The third-order valence-electron chi connectivity index (χ3n) is 11.0. The zero-order chi connectivity index (χ0) is 43.2. The van der Waals surface area contributed by atoms with Gasteiger partial charge in [0.1, 0.15) is 0 Å². The maximum absolute atomic E-state index is 13.8. The van der Waals surface area contributed by atoms with Gasteiger partial charge in [-0.05, 0) is 105 Å². The Kier molecular flexibility index (Phi) is 13.1. The molecule has 312 valence electrons. The molecule has 0 spiro atoms. The lowest BCUT2D eigenvalue weighted by Gasteiger charge is -2.29. The number of aromatic amines is 3. The molecule has 0 aliphatic carbocycles. The highest BCUT2D eigenvalue weighted by atomic mass is 16.5. The van der Waals surface area contributed by atoms with Crippen molar-refractivity contribution in [3.8, 4) is 0 Å². The van der Waals surface area contributed by atoms with Crippen molar-refractivity contribution in [3.05, 3.63) is 107 Å². The molecule has 0 saturated carbocycles. The Hall–Kier alpha value is -6.87. The summed E-state index contributed by atoms with van der Waals surface area (Å²) in [6.07, 6.45) is 7.34. The number of amides is 2. The summed E-state index contributed by atoms with van der Waals surface area (Å²) >= 11 is 0. The van der Waals surface area contributed by atoms with E-state index in [0.717, 1.165) is 77.5 Å². The number of hydrazine groups is 1. The molecule has 1 atom stereocenters. The van der Waals surface area contributed by atoms with Crippen molar-refractivity contribution in [2.45, 2.75) is 72.8 Å². The summed E-state index contributed by atoms with van der Waals surface area (Å²) in [7, 11) is 1.20. The van der Waals surface area contributed by atoms with Gasteiger partial charge in [-0.3, -0.25) is 19.8 Å². The molecule has 0 saturated heterocycles. The van der Waals surface area contributed by atoms with Crippen molar-refractivity contribution in [2.75, 3.05) is 20.3 Å². The average Bonchev–Trinajstić information content (AvgIpc) is 4.04. The van der Waals surface area contributed by atoms with Crippen LogP contribution in [0, 0.1) is 13.8 Å². The SMILES string of the molecule is C=CC1=C(C)c2cc3[nH]c(cc4nc(cc5[nH]c(cc1n2)c(C)c5CCC(=O)NN(C(=O)CN)[C@@H](Cc1c[nH]cn1)C(=O)OC)C(CCC(=O)OCC)=C4C)c(C)c3C=C. The molecule has 4 aromatic heterocycles. The molecule has 0 unspecified atom stereocenters. The van der Waals surface area contributed by atoms with Gasteiger partial charge < -0.3 is 30.2 Å². The van der Waals surface area contributed by atoms with Crippen LogP contribution in [0.2, 0.25) is 0 Å². The largest absolute Gasteiger partial charge is 0.467 e. The molecule has 6 N–H and O–H groups in total. The predicted molar refractivity (Wildman–Crippen MR) is 232 cm³/mol. The van der Waals surface area contributed by atoms with Crippen LogP contribution in [0.4, 0.5) is 0 Å². The number of hydrogen-bond acceptors (Lipinski definition) is 10. The Morgan fingerprint density at radius 1 is 0.867 bits per heavy atom. The minimum absolute atomic E-state index is 0.0251. The number of hydrogen-bond donors (Lipinski definition) is 5. The van der Waals surface area contributed by atoms with Crippen LogP contribution in [0.3, 0.4) is 0 Å². The minimum Gasteiger partial charge on any atom is -0.467 e. The van der Waals surface area contributed by atoms with Gasteiger partial charge in [0.05, 0.1) is 55.1 Å². The Labute approximate surface area is 347 Å². The number of nitrogens with zero attached hydrogens (tertiary/aromatic N) is 4. The van der Waals surface area contributed by atoms with E-state index in [1.807, 2.05) is 58.0 Å². The number of rotatable bonds is 14. The van der Waals surface area contributed by atoms with Crippen LogP contribution >= 0.6 is 0 Å². The number of methoxy groups -OCH3 is 1. The number of carbonyl (C=O) groups is 4. The Balaban J connectivity index is 1.50. The summed E-state index contributed by atoms with van der Waals surface area (Å²) in [5.74, 6) is -2.26. The fraction of sp³-hybridized carbons (Fsp3) is 0.311. The van der Waals surface area contributed by atoms with Gasteiger partial charge in [0.2, 0.25) is 5.91 Å². The molecule has 15 nitrogen and oxygen atoms in total. The van der Waals surface area contributed by atoms with Crippen molar-refractivity contribution >= 4 is 74.2 Å². The van der Waals surface area contributed by atoms with E-state index in [0.29, 0.717) is 29.0 Å². The molecule has 2 aliphatic heterocycles. The molecule has 0 radical (unpaired) electrons. The zero-order valence-corrected chi connectivity index (χ0v) is 34.9. The van der Waals surface area contributed by atoms with E-state index in [2.05, 4.69) is 38.5 Å². The van der Waals surface area contributed by atoms with Crippen molar-refractivity contribution in [2.24, 2.45) is 5.73 Å². The first-order chi connectivity index (χ1) is 28.8. The topological polar surface area (TPSA) is 214 Å². The fourth-order valence-electron chi connectivity index (χ4n) is 7.62. The number of fused-ring (bicyclic) bond motifs is 8. The van der Waals surface area contributed by atoms with Gasteiger partial charge in [0.25, 0.3) is 5.91 Å². The number of carbonyl (C=O) groups excluding carboxylic acids is 4. The van der Waals surface area contributed by atoms with Crippen LogP contribution in [0.1, 0.15) is 90.8 Å². The lowest BCUT2D eigenvalue weighted by molar-refractivity contribution is -0.157. The van der Waals surface area contributed by atoms with Crippen molar-refractivity contribution in [1.82, 2.24) is 40.3 Å². The molecule has 0 fully saturated rings. The number of aryl methyl sites for hydroxylation is 3. The maximum Gasteiger partial charge on any atom is 0.331 e. The minimum atomic E-state index is -1.22. The normalized spacial score (nSPS) is 12.9. The summed E-state index contributed by atoms with van der Waals surface area (Å²) < 4.78 is 10.3. The van der Waals surface area contributed by atoms with Crippen LogP contribution in [0.25, 0.3) is 50.4 Å². The average molecular weight is 814 g/mol.